The summed E-state index contributed by atoms with van der Waals surface area (Å²) in [5.41, 5.74) is 1.18. The summed E-state index contributed by atoms with van der Waals surface area (Å²) in [6.45, 7) is 4.07. The Hall–Kier alpha value is -2.02. The molecule has 2 rings (SSSR count). The first-order chi connectivity index (χ1) is 9.47. The average molecular weight is 272 g/mol. The molecule has 0 bridgehead atoms. The Labute approximate surface area is 119 Å². The number of benzene rings is 1. The van der Waals surface area contributed by atoms with E-state index in [9.17, 15) is 15.2 Å². The van der Waals surface area contributed by atoms with Gasteiger partial charge in [0, 0.05) is 0 Å². The Morgan fingerprint density at radius 1 is 1.45 bits per heavy atom. The molecule has 1 aromatic rings. The minimum absolute atomic E-state index is 0.504. The third kappa shape index (κ3) is 2.77. The summed E-state index contributed by atoms with van der Waals surface area (Å²) < 4.78 is 0. The highest BCUT2D eigenvalue weighted by Gasteiger charge is 2.41. The number of anilines is 1. The smallest absolute Gasteiger partial charge is 0.329 e. The van der Waals surface area contributed by atoms with Gasteiger partial charge in [-0.1, -0.05) is 13.0 Å². The summed E-state index contributed by atoms with van der Waals surface area (Å²) >= 11 is 0. The minimum Gasteiger partial charge on any atom is -0.480 e. The number of hydrogen-bond acceptors (Lipinski definition) is 3. The number of nitrogens with one attached hydrogen (secondary N) is 1. The van der Waals surface area contributed by atoms with E-state index >= 15 is 0 Å². The molecule has 0 aliphatic heterocycles. The van der Waals surface area contributed by atoms with Crippen LogP contribution in [0.25, 0.3) is 0 Å². The van der Waals surface area contributed by atoms with Gasteiger partial charge < -0.3 is 10.4 Å². The number of nitriles is 1. The molecule has 1 aromatic carbocycles. The van der Waals surface area contributed by atoms with Gasteiger partial charge in [-0.25, -0.2) is 4.79 Å². The van der Waals surface area contributed by atoms with Crippen LogP contribution in [-0.4, -0.2) is 16.6 Å². The highest BCUT2D eigenvalue weighted by molar-refractivity contribution is 5.83. The monoisotopic (exact) mass is 272 g/mol. The van der Waals surface area contributed by atoms with Crippen LogP contribution in [0.3, 0.4) is 0 Å². The molecule has 0 amide bonds. The van der Waals surface area contributed by atoms with Gasteiger partial charge in [-0.2, -0.15) is 5.26 Å². The van der Waals surface area contributed by atoms with E-state index in [4.69, 9.17) is 0 Å². The Balaban J connectivity index is 2.30. The first-order valence-corrected chi connectivity index (χ1v) is 6.99. The number of nitrogens with zero attached hydrogens (tertiary/aromatic N) is 1. The average Bonchev–Trinajstić information content (AvgIpc) is 2.43. The van der Waals surface area contributed by atoms with Crippen molar-refractivity contribution in [2.75, 3.05) is 5.32 Å². The van der Waals surface area contributed by atoms with Crippen LogP contribution in [0.15, 0.2) is 18.2 Å². The molecular formula is C16H20N2O2. The van der Waals surface area contributed by atoms with Crippen LogP contribution in [-0.2, 0) is 4.79 Å². The van der Waals surface area contributed by atoms with E-state index < -0.39 is 11.5 Å². The lowest BCUT2D eigenvalue weighted by molar-refractivity contribution is -0.143. The van der Waals surface area contributed by atoms with E-state index in [-0.39, 0.29) is 0 Å². The fourth-order valence-corrected chi connectivity index (χ4v) is 2.76. The molecule has 106 valence electrons. The quantitative estimate of drug-likeness (QED) is 0.885. The molecule has 0 unspecified atom stereocenters. The van der Waals surface area contributed by atoms with Crippen LogP contribution in [0.5, 0.6) is 0 Å². The molecule has 1 saturated carbocycles. The molecular weight excluding hydrogens is 252 g/mol. The summed E-state index contributed by atoms with van der Waals surface area (Å²) in [5.74, 6) is -0.258. The number of carboxylic acids is 1. The van der Waals surface area contributed by atoms with Crippen molar-refractivity contribution >= 4 is 11.7 Å². The zero-order chi connectivity index (χ0) is 14.8. The van der Waals surface area contributed by atoms with Gasteiger partial charge in [0.1, 0.15) is 11.6 Å². The van der Waals surface area contributed by atoms with Crippen molar-refractivity contribution in [2.24, 2.45) is 5.92 Å². The summed E-state index contributed by atoms with van der Waals surface area (Å²) in [4.78, 5) is 11.7. The molecule has 20 heavy (non-hydrogen) atoms. The lowest BCUT2D eigenvalue weighted by Crippen LogP contribution is -2.49. The number of carboxylic acid groups (broad SMARTS) is 1. The zero-order valence-electron chi connectivity index (χ0n) is 11.9. The van der Waals surface area contributed by atoms with Gasteiger partial charge in [0.25, 0.3) is 0 Å². The second-order valence-corrected chi connectivity index (χ2v) is 5.86. The van der Waals surface area contributed by atoms with Crippen LogP contribution >= 0.6 is 0 Å². The molecule has 4 heteroatoms. The van der Waals surface area contributed by atoms with Gasteiger partial charge in [0.2, 0.25) is 0 Å². The molecule has 2 N–H and O–H groups in total. The Kier molecular flexibility index (Phi) is 3.99. The van der Waals surface area contributed by atoms with Gasteiger partial charge in [0.15, 0.2) is 0 Å². The van der Waals surface area contributed by atoms with E-state index in [1.165, 1.54) is 0 Å². The molecule has 0 saturated heterocycles. The van der Waals surface area contributed by atoms with Crippen molar-refractivity contribution in [3.63, 3.8) is 0 Å². The predicted molar refractivity (Wildman–Crippen MR) is 77.5 cm³/mol. The van der Waals surface area contributed by atoms with Crippen molar-refractivity contribution in [1.29, 1.82) is 5.26 Å². The van der Waals surface area contributed by atoms with E-state index in [0.717, 1.165) is 18.4 Å². The number of aliphatic carboxylic acids is 1. The second-order valence-electron chi connectivity index (χ2n) is 5.86. The molecule has 0 spiro atoms. The third-order valence-electron chi connectivity index (χ3n) is 4.21. The summed E-state index contributed by atoms with van der Waals surface area (Å²) in [7, 11) is 0. The first-order valence-electron chi connectivity index (χ1n) is 6.99. The van der Waals surface area contributed by atoms with Gasteiger partial charge in [0.05, 0.1) is 11.3 Å². The lowest BCUT2D eigenvalue weighted by atomic mass is 9.77. The number of carbonyl (C=O) groups is 1. The van der Waals surface area contributed by atoms with Crippen LogP contribution < -0.4 is 5.32 Å². The number of rotatable bonds is 3. The maximum absolute atomic E-state index is 11.7. The zero-order valence-corrected chi connectivity index (χ0v) is 11.9. The standard InChI is InChI=1S/C16H20N2O2/c1-11-5-7-16(8-6-11,15(19)20)18-14-4-3-12(2)9-13(14)10-17/h3-4,9,11,18H,5-8H2,1-2H3,(H,19,20). The van der Waals surface area contributed by atoms with Crippen LogP contribution in [0.4, 0.5) is 5.69 Å². The van der Waals surface area contributed by atoms with Crippen molar-refractivity contribution in [3.05, 3.63) is 29.3 Å². The molecule has 4 nitrogen and oxygen atoms in total. The lowest BCUT2D eigenvalue weighted by Gasteiger charge is -2.37. The van der Waals surface area contributed by atoms with Gasteiger partial charge >= 0.3 is 5.97 Å². The molecule has 1 aliphatic rings. The highest BCUT2D eigenvalue weighted by Crippen LogP contribution is 2.35. The van der Waals surface area contributed by atoms with E-state index in [1.807, 2.05) is 13.0 Å². The number of aryl methyl sites for hydroxylation is 1. The molecule has 1 fully saturated rings. The van der Waals surface area contributed by atoms with E-state index in [1.54, 1.807) is 12.1 Å². The van der Waals surface area contributed by atoms with Crippen LogP contribution in [0, 0.1) is 24.2 Å². The summed E-state index contributed by atoms with van der Waals surface area (Å²) in [6.07, 6.45) is 2.99. The molecule has 0 radical (unpaired) electrons. The maximum atomic E-state index is 11.7. The van der Waals surface area contributed by atoms with Crippen LogP contribution in [0.1, 0.15) is 43.7 Å². The third-order valence-corrected chi connectivity index (χ3v) is 4.21. The summed E-state index contributed by atoms with van der Waals surface area (Å²) in [5, 5.41) is 21.9. The Morgan fingerprint density at radius 2 is 2.10 bits per heavy atom. The van der Waals surface area contributed by atoms with Crippen molar-refractivity contribution in [2.45, 2.75) is 45.1 Å². The summed E-state index contributed by atoms with van der Waals surface area (Å²) in [6, 6.07) is 7.61. The largest absolute Gasteiger partial charge is 0.480 e. The molecule has 0 atom stereocenters. The van der Waals surface area contributed by atoms with Crippen molar-refractivity contribution < 1.29 is 9.90 Å². The normalized spacial score (nSPS) is 25.8. The number of hydrogen-bond donors (Lipinski definition) is 2. The van der Waals surface area contributed by atoms with E-state index in [2.05, 4.69) is 18.3 Å². The Bertz CT molecular complexity index is 552. The van der Waals surface area contributed by atoms with Crippen molar-refractivity contribution in [1.82, 2.24) is 0 Å². The topological polar surface area (TPSA) is 73.1 Å². The van der Waals surface area contributed by atoms with Crippen molar-refractivity contribution in [3.8, 4) is 6.07 Å². The molecule has 0 heterocycles. The minimum atomic E-state index is -0.937. The fraction of sp³-hybridized carbons (Fsp3) is 0.500. The predicted octanol–water partition coefficient (Wildman–Crippen LogP) is 3.31. The van der Waals surface area contributed by atoms with Crippen LogP contribution in [0.2, 0.25) is 0 Å². The maximum Gasteiger partial charge on any atom is 0.329 e. The van der Waals surface area contributed by atoms with E-state index in [0.29, 0.717) is 30.0 Å². The Morgan fingerprint density at radius 3 is 2.65 bits per heavy atom. The van der Waals surface area contributed by atoms with Gasteiger partial charge in [-0.15, -0.1) is 0 Å². The SMILES string of the molecule is Cc1ccc(NC2(C(=O)O)CCC(C)CC2)c(C#N)c1. The molecule has 1 aliphatic carbocycles. The van der Waals surface area contributed by atoms with Gasteiger partial charge in [-0.3, -0.25) is 0 Å². The molecule has 0 aromatic heterocycles. The second kappa shape index (κ2) is 5.54. The highest BCUT2D eigenvalue weighted by atomic mass is 16.4. The first kappa shape index (κ1) is 14.4. The fourth-order valence-electron chi connectivity index (χ4n) is 2.76. The van der Waals surface area contributed by atoms with Gasteiger partial charge in [-0.05, 0) is 56.2 Å².